The molecule has 3 amide bonds. The lowest BCUT2D eigenvalue weighted by atomic mass is 9.99. The Hall–Kier alpha value is -2.09. The minimum atomic E-state index is -3.80. The highest BCUT2D eigenvalue weighted by molar-refractivity contribution is 7.90. The predicted molar refractivity (Wildman–Crippen MR) is 109 cm³/mol. The highest BCUT2D eigenvalue weighted by atomic mass is 32.2. The Labute approximate surface area is 166 Å². The number of nitrogens with zero attached hydrogens (tertiary/aromatic N) is 1. The Bertz CT molecular complexity index is 863. The van der Waals surface area contributed by atoms with Crippen LogP contribution in [0.4, 0.5) is 10.5 Å². The molecular weight excluding hydrogens is 378 g/mol. The third-order valence-corrected chi connectivity index (χ3v) is 7.09. The van der Waals surface area contributed by atoms with Gasteiger partial charge in [0.05, 0.1) is 5.75 Å². The van der Waals surface area contributed by atoms with Crippen LogP contribution in [0.25, 0.3) is 0 Å². The van der Waals surface area contributed by atoms with Gasteiger partial charge in [0.1, 0.15) is 0 Å². The van der Waals surface area contributed by atoms with Gasteiger partial charge < -0.3 is 10.2 Å². The Kier molecular flexibility index (Phi) is 5.98. The first-order valence-corrected chi connectivity index (χ1v) is 11.5. The van der Waals surface area contributed by atoms with Crippen LogP contribution in [-0.2, 0) is 40.5 Å². The summed E-state index contributed by atoms with van der Waals surface area (Å²) < 4.78 is 26.9. The van der Waals surface area contributed by atoms with Crippen LogP contribution in [0, 0.1) is 5.92 Å². The Morgan fingerprint density at radius 1 is 1.11 bits per heavy atom. The molecular formula is C20H29N3O4S. The number of hydrogen-bond donors (Lipinski definition) is 2. The SMILES string of the molecule is CC(=O)N(C)CC(C)CS(=O)(=O)NC(=O)Nc1c2c(cc3c1CCC3)CCC2. The molecule has 1 unspecified atom stereocenters. The molecule has 0 aromatic heterocycles. The zero-order valence-corrected chi connectivity index (χ0v) is 17.6. The molecule has 1 aromatic carbocycles. The topological polar surface area (TPSA) is 95.6 Å². The van der Waals surface area contributed by atoms with Crippen LogP contribution >= 0.6 is 0 Å². The molecule has 8 heteroatoms. The molecule has 2 N–H and O–H groups in total. The fourth-order valence-electron chi connectivity index (χ4n) is 4.31. The summed E-state index contributed by atoms with van der Waals surface area (Å²) >= 11 is 0. The van der Waals surface area contributed by atoms with Crippen molar-refractivity contribution in [2.75, 3.05) is 24.7 Å². The summed E-state index contributed by atoms with van der Waals surface area (Å²) in [5.74, 6) is -0.630. The van der Waals surface area contributed by atoms with Gasteiger partial charge in [-0.15, -0.1) is 0 Å². The number of nitrogens with one attached hydrogen (secondary N) is 2. The van der Waals surface area contributed by atoms with E-state index in [0.29, 0.717) is 6.54 Å². The van der Waals surface area contributed by atoms with Gasteiger partial charge in [-0.05, 0) is 66.7 Å². The lowest BCUT2D eigenvalue weighted by Crippen LogP contribution is -2.40. The van der Waals surface area contributed by atoms with Gasteiger partial charge >= 0.3 is 6.03 Å². The van der Waals surface area contributed by atoms with Gasteiger partial charge in [0.15, 0.2) is 0 Å². The minimum absolute atomic E-state index is 0.123. The first-order chi connectivity index (χ1) is 13.2. The molecule has 0 saturated heterocycles. The molecule has 1 atom stereocenters. The average Bonchev–Trinajstić information content (AvgIpc) is 3.21. The summed E-state index contributed by atoms with van der Waals surface area (Å²) in [4.78, 5) is 25.3. The quantitative estimate of drug-likeness (QED) is 0.756. The van der Waals surface area contributed by atoms with Crippen molar-refractivity contribution in [2.24, 2.45) is 5.92 Å². The summed E-state index contributed by atoms with van der Waals surface area (Å²) in [7, 11) is -2.17. The smallest absolute Gasteiger partial charge is 0.332 e. The molecule has 2 aliphatic rings. The van der Waals surface area contributed by atoms with Gasteiger partial charge in [-0.25, -0.2) is 17.9 Å². The van der Waals surface area contributed by atoms with Crippen molar-refractivity contribution in [1.82, 2.24) is 9.62 Å². The number of sulfonamides is 1. The molecule has 0 heterocycles. The molecule has 0 spiro atoms. The lowest BCUT2D eigenvalue weighted by molar-refractivity contribution is -0.127. The lowest BCUT2D eigenvalue weighted by Gasteiger charge is -2.20. The number of rotatable bonds is 6. The molecule has 154 valence electrons. The highest BCUT2D eigenvalue weighted by Gasteiger charge is 2.26. The number of urea groups is 1. The van der Waals surface area contributed by atoms with E-state index in [4.69, 9.17) is 0 Å². The predicted octanol–water partition coefficient (Wildman–Crippen LogP) is 2.23. The largest absolute Gasteiger partial charge is 0.346 e. The number of anilines is 1. The standard InChI is InChI=1S/C20H29N3O4S/c1-13(11-23(3)14(2)24)12-28(26,27)22-20(25)21-19-17-8-4-6-15(17)10-16-7-5-9-18(16)19/h10,13H,4-9,11-12H2,1-3H3,(H2,21,22,25). The van der Waals surface area contributed by atoms with Gasteiger partial charge in [-0.3, -0.25) is 4.79 Å². The van der Waals surface area contributed by atoms with E-state index >= 15 is 0 Å². The van der Waals surface area contributed by atoms with Crippen molar-refractivity contribution in [1.29, 1.82) is 0 Å². The van der Waals surface area contributed by atoms with Crippen molar-refractivity contribution in [3.8, 4) is 0 Å². The van der Waals surface area contributed by atoms with E-state index in [0.717, 1.165) is 55.3 Å². The van der Waals surface area contributed by atoms with Crippen molar-refractivity contribution in [2.45, 2.75) is 52.4 Å². The van der Waals surface area contributed by atoms with Gasteiger partial charge in [0, 0.05) is 26.2 Å². The van der Waals surface area contributed by atoms with Crippen LogP contribution in [-0.4, -0.2) is 44.6 Å². The van der Waals surface area contributed by atoms with Crippen LogP contribution in [0.3, 0.4) is 0 Å². The van der Waals surface area contributed by atoms with Gasteiger partial charge in [0.2, 0.25) is 15.9 Å². The van der Waals surface area contributed by atoms with Crippen molar-refractivity contribution in [3.05, 3.63) is 28.3 Å². The summed E-state index contributed by atoms with van der Waals surface area (Å²) in [6.07, 6.45) is 5.98. The summed E-state index contributed by atoms with van der Waals surface area (Å²) in [5.41, 5.74) is 5.69. The van der Waals surface area contributed by atoms with E-state index in [-0.39, 0.29) is 17.6 Å². The van der Waals surface area contributed by atoms with E-state index in [2.05, 4.69) is 16.1 Å². The molecule has 0 fully saturated rings. The number of carbonyl (C=O) groups is 2. The van der Waals surface area contributed by atoms with Crippen LogP contribution < -0.4 is 10.0 Å². The maximum absolute atomic E-state index is 12.5. The van der Waals surface area contributed by atoms with Crippen LogP contribution in [0.1, 0.15) is 48.9 Å². The van der Waals surface area contributed by atoms with Crippen molar-refractivity contribution in [3.63, 3.8) is 0 Å². The fourth-order valence-corrected chi connectivity index (χ4v) is 5.58. The average molecular weight is 408 g/mol. The first-order valence-electron chi connectivity index (χ1n) is 9.86. The molecule has 0 aliphatic heterocycles. The Balaban J connectivity index is 1.67. The van der Waals surface area contributed by atoms with E-state index in [1.165, 1.54) is 23.0 Å². The summed E-state index contributed by atoms with van der Waals surface area (Å²) in [6.45, 7) is 3.49. The monoisotopic (exact) mass is 407 g/mol. The summed E-state index contributed by atoms with van der Waals surface area (Å²) in [5, 5.41) is 2.84. The highest BCUT2D eigenvalue weighted by Crippen LogP contribution is 2.38. The van der Waals surface area contributed by atoms with Gasteiger partial charge in [-0.2, -0.15) is 0 Å². The number of hydrogen-bond acceptors (Lipinski definition) is 4. The van der Waals surface area contributed by atoms with Crippen LogP contribution in [0.5, 0.6) is 0 Å². The molecule has 0 saturated carbocycles. The van der Waals surface area contributed by atoms with Crippen LogP contribution in [0.2, 0.25) is 0 Å². The Morgan fingerprint density at radius 3 is 2.21 bits per heavy atom. The number of amides is 3. The molecule has 3 rings (SSSR count). The second-order valence-electron chi connectivity index (χ2n) is 8.08. The molecule has 0 bridgehead atoms. The zero-order chi connectivity index (χ0) is 20.5. The number of carbonyl (C=O) groups excluding carboxylic acids is 2. The maximum Gasteiger partial charge on any atom is 0.332 e. The van der Waals surface area contributed by atoms with Gasteiger partial charge in [0.25, 0.3) is 0 Å². The maximum atomic E-state index is 12.5. The minimum Gasteiger partial charge on any atom is -0.346 e. The number of benzene rings is 1. The summed E-state index contributed by atoms with van der Waals surface area (Å²) in [6, 6.07) is 1.55. The number of fused-ring (bicyclic) bond motifs is 2. The van der Waals surface area contributed by atoms with E-state index < -0.39 is 16.1 Å². The molecule has 28 heavy (non-hydrogen) atoms. The normalized spacial score (nSPS) is 16.2. The second kappa shape index (κ2) is 8.11. The van der Waals surface area contributed by atoms with Crippen molar-refractivity contribution < 1.29 is 18.0 Å². The Morgan fingerprint density at radius 2 is 1.68 bits per heavy atom. The van der Waals surface area contributed by atoms with Gasteiger partial charge in [-0.1, -0.05) is 13.0 Å². The first kappa shape index (κ1) is 20.6. The molecule has 7 nitrogen and oxygen atoms in total. The second-order valence-corrected chi connectivity index (χ2v) is 9.84. The van der Waals surface area contributed by atoms with E-state index in [1.807, 2.05) is 0 Å². The number of aryl methyl sites for hydroxylation is 2. The zero-order valence-electron chi connectivity index (χ0n) is 16.8. The fraction of sp³-hybridized carbons (Fsp3) is 0.600. The van der Waals surface area contributed by atoms with Crippen molar-refractivity contribution >= 4 is 27.6 Å². The van der Waals surface area contributed by atoms with E-state index in [1.54, 1.807) is 14.0 Å². The van der Waals surface area contributed by atoms with Crippen LogP contribution in [0.15, 0.2) is 6.07 Å². The molecule has 1 aromatic rings. The van der Waals surface area contributed by atoms with E-state index in [9.17, 15) is 18.0 Å². The third kappa shape index (κ3) is 4.66. The molecule has 2 aliphatic carbocycles. The molecule has 0 radical (unpaired) electrons. The third-order valence-electron chi connectivity index (χ3n) is 5.59.